The highest BCUT2D eigenvalue weighted by atomic mass is 32.2. The molecule has 1 aromatic carbocycles. The smallest absolute Gasteiger partial charge is 0.354 e. The zero-order valence-corrected chi connectivity index (χ0v) is 19.3. The average molecular weight is 466 g/mol. The number of esters is 1. The molecule has 3 rings (SSSR count). The highest BCUT2D eigenvalue weighted by Crippen LogP contribution is 2.31. The predicted molar refractivity (Wildman–Crippen MR) is 116 cm³/mol. The molecule has 1 unspecified atom stereocenters. The highest BCUT2D eigenvalue weighted by Gasteiger charge is 2.40. The molecule has 1 atom stereocenters. The second-order valence-electron chi connectivity index (χ2n) is 7.23. The van der Waals surface area contributed by atoms with Gasteiger partial charge in [-0.3, -0.25) is 4.79 Å². The maximum atomic E-state index is 13.3. The lowest BCUT2D eigenvalue weighted by molar-refractivity contribution is -0.119. The summed E-state index contributed by atoms with van der Waals surface area (Å²) in [6, 6.07) is 5.30. The molecule has 11 heteroatoms. The molecule has 1 saturated heterocycles. The minimum atomic E-state index is -4.00. The largest absolute Gasteiger partial charge is 0.493 e. The van der Waals surface area contributed by atoms with Crippen LogP contribution < -0.4 is 14.8 Å². The molecule has 1 fully saturated rings. The molecule has 1 aliphatic heterocycles. The third kappa shape index (κ3) is 4.58. The number of aromatic nitrogens is 1. The van der Waals surface area contributed by atoms with Crippen molar-refractivity contribution >= 4 is 27.6 Å². The Labute approximate surface area is 187 Å². The van der Waals surface area contributed by atoms with Crippen molar-refractivity contribution in [2.45, 2.75) is 30.7 Å². The number of methoxy groups -OCH3 is 2. The van der Waals surface area contributed by atoms with Crippen molar-refractivity contribution < 1.29 is 32.2 Å². The number of carbonyl (C=O) groups excluding carboxylic acids is 2. The lowest BCUT2D eigenvalue weighted by Crippen LogP contribution is -2.43. The summed E-state index contributed by atoms with van der Waals surface area (Å²) in [5, 5.41) is 2.76. The zero-order chi connectivity index (χ0) is 23.5. The quantitative estimate of drug-likeness (QED) is 0.593. The van der Waals surface area contributed by atoms with E-state index in [9.17, 15) is 18.0 Å². The van der Waals surface area contributed by atoms with E-state index in [1.165, 1.54) is 35.4 Å². The molecule has 0 aliphatic carbocycles. The molecule has 1 aromatic heterocycles. The first-order valence-corrected chi connectivity index (χ1v) is 11.5. The fraction of sp³-hybridized carbons (Fsp3) is 0.429. The Bertz CT molecular complexity index is 1110. The van der Waals surface area contributed by atoms with Crippen LogP contribution in [0.4, 0.5) is 5.69 Å². The van der Waals surface area contributed by atoms with Gasteiger partial charge in [0, 0.05) is 31.5 Å². The Morgan fingerprint density at radius 2 is 1.88 bits per heavy atom. The Kier molecular flexibility index (Phi) is 7.09. The molecule has 0 saturated carbocycles. The van der Waals surface area contributed by atoms with E-state index in [0.29, 0.717) is 30.0 Å². The van der Waals surface area contributed by atoms with Crippen LogP contribution in [-0.2, 0) is 26.6 Å². The lowest BCUT2D eigenvalue weighted by atomic mass is 10.2. The molecule has 2 aromatic rings. The Morgan fingerprint density at radius 3 is 2.53 bits per heavy atom. The van der Waals surface area contributed by atoms with E-state index in [2.05, 4.69) is 5.32 Å². The summed E-state index contributed by atoms with van der Waals surface area (Å²) in [6.45, 7) is 2.05. The minimum absolute atomic E-state index is 0.0612. The van der Waals surface area contributed by atoms with Gasteiger partial charge in [0.05, 0.1) is 20.8 Å². The number of benzene rings is 1. The molecule has 2 heterocycles. The van der Waals surface area contributed by atoms with E-state index in [4.69, 9.17) is 14.2 Å². The van der Waals surface area contributed by atoms with Crippen LogP contribution in [0.2, 0.25) is 0 Å². The van der Waals surface area contributed by atoms with Crippen molar-refractivity contribution in [3.05, 3.63) is 36.2 Å². The van der Waals surface area contributed by atoms with E-state index in [1.54, 1.807) is 32.2 Å². The van der Waals surface area contributed by atoms with Crippen LogP contribution in [-0.4, -0.2) is 62.6 Å². The van der Waals surface area contributed by atoms with Crippen LogP contribution in [0.1, 0.15) is 30.3 Å². The van der Waals surface area contributed by atoms with Crippen molar-refractivity contribution in [2.24, 2.45) is 7.05 Å². The number of sulfonamides is 1. The number of amides is 1. The van der Waals surface area contributed by atoms with Crippen molar-refractivity contribution in [1.29, 1.82) is 0 Å². The second kappa shape index (κ2) is 9.61. The van der Waals surface area contributed by atoms with Crippen LogP contribution in [0.5, 0.6) is 11.5 Å². The number of hydrogen-bond acceptors (Lipinski definition) is 7. The number of rotatable bonds is 8. The summed E-state index contributed by atoms with van der Waals surface area (Å²) in [5.74, 6) is -0.102. The summed E-state index contributed by atoms with van der Waals surface area (Å²) in [5.41, 5.74) is 0.581. The number of ether oxygens (including phenoxy) is 3. The molecule has 1 amide bonds. The van der Waals surface area contributed by atoms with E-state index in [0.717, 1.165) is 0 Å². The van der Waals surface area contributed by atoms with Gasteiger partial charge >= 0.3 is 5.97 Å². The van der Waals surface area contributed by atoms with Crippen LogP contribution >= 0.6 is 0 Å². The number of hydrogen-bond donors (Lipinski definition) is 1. The molecule has 1 aliphatic rings. The molecule has 10 nitrogen and oxygen atoms in total. The van der Waals surface area contributed by atoms with Gasteiger partial charge < -0.3 is 24.1 Å². The van der Waals surface area contributed by atoms with Gasteiger partial charge in [0.25, 0.3) is 0 Å². The zero-order valence-electron chi connectivity index (χ0n) is 18.5. The average Bonchev–Trinajstić information content (AvgIpc) is 3.41. The Hall–Kier alpha value is -3.05. The van der Waals surface area contributed by atoms with Crippen molar-refractivity contribution in [1.82, 2.24) is 8.87 Å². The molecule has 1 N–H and O–H groups in total. The fourth-order valence-electron chi connectivity index (χ4n) is 3.65. The van der Waals surface area contributed by atoms with Gasteiger partial charge in [0.1, 0.15) is 16.6 Å². The van der Waals surface area contributed by atoms with Crippen molar-refractivity contribution in [3.63, 3.8) is 0 Å². The molecular formula is C21H27N3O7S. The predicted octanol–water partition coefficient (Wildman–Crippen LogP) is 2.01. The molecule has 0 radical (unpaired) electrons. The van der Waals surface area contributed by atoms with Gasteiger partial charge in [-0.25, -0.2) is 13.2 Å². The Morgan fingerprint density at radius 1 is 1.16 bits per heavy atom. The monoisotopic (exact) mass is 465 g/mol. The topological polar surface area (TPSA) is 116 Å². The van der Waals surface area contributed by atoms with E-state index < -0.39 is 27.9 Å². The van der Waals surface area contributed by atoms with Gasteiger partial charge in [-0.15, -0.1) is 0 Å². The van der Waals surface area contributed by atoms with Gasteiger partial charge in [0.2, 0.25) is 15.9 Å². The molecule has 32 heavy (non-hydrogen) atoms. The van der Waals surface area contributed by atoms with Crippen LogP contribution in [0.25, 0.3) is 0 Å². The van der Waals surface area contributed by atoms with Gasteiger partial charge in [-0.1, -0.05) is 0 Å². The summed E-state index contributed by atoms with van der Waals surface area (Å²) >= 11 is 0. The van der Waals surface area contributed by atoms with Gasteiger partial charge in [-0.2, -0.15) is 4.31 Å². The van der Waals surface area contributed by atoms with Gasteiger partial charge in [0.15, 0.2) is 11.5 Å². The normalized spacial score (nSPS) is 16.6. The van der Waals surface area contributed by atoms with E-state index in [-0.39, 0.29) is 23.7 Å². The number of nitrogens with zero attached hydrogens (tertiary/aromatic N) is 2. The third-order valence-corrected chi connectivity index (χ3v) is 7.10. The standard InChI is InChI=1S/C21H27N3O7S/c1-5-31-21(26)17-12-15(13-23(17)2)32(27,28)24-10-6-7-16(24)20(25)22-14-8-9-18(29-3)19(11-14)30-4/h8-9,11-13,16H,5-7,10H2,1-4H3,(H,22,25). The maximum Gasteiger partial charge on any atom is 0.354 e. The van der Waals surface area contributed by atoms with Crippen LogP contribution in [0, 0.1) is 0 Å². The molecule has 174 valence electrons. The van der Waals surface area contributed by atoms with Crippen molar-refractivity contribution in [3.8, 4) is 11.5 Å². The summed E-state index contributed by atoms with van der Waals surface area (Å²) in [4.78, 5) is 25.0. The minimum Gasteiger partial charge on any atom is -0.493 e. The third-order valence-electron chi connectivity index (χ3n) is 5.23. The molecular weight excluding hydrogens is 438 g/mol. The Balaban J connectivity index is 1.82. The number of carbonyl (C=O) groups is 2. The SMILES string of the molecule is CCOC(=O)c1cc(S(=O)(=O)N2CCCC2C(=O)Nc2ccc(OC)c(OC)c2)cn1C. The number of anilines is 1. The second-order valence-corrected chi connectivity index (χ2v) is 9.12. The van der Waals surface area contributed by atoms with Crippen LogP contribution in [0.15, 0.2) is 35.4 Å². The fourth-order valence-corrected chi connectivity index (χ4v) is 5.38. The first-order valence-electron chi connectivity index (χ1n) is 10.1. The maximum absolute atomic E-state index is 13.3. The van der Waals surface area contributed by atoms with E-state index in [1.807, 2.05) is 0 Å². The molecule has 0 bridgehead atoms. The highest BCUT2D eigenvalue weighted by molar-refractivity contribution is 7.89. The molecule has 0 spiro atoms. The number of nitrogens with one attached hydrogen (secondary N) is 1. The first-order chi connectivity index (χ1) is 15.2. The van der Waals surface area contributed by atoms with E-state index >= 15 is 0 Å². The summed E-state index contributed by atoms with van der Waals surface area (Å²) in [7, 11) is 0.560. The van der Waals surface area contributed by atoms with Crippen molar-refractivity contribution in [2.75, 3.05) is 32.7 Å². The summed E-state index contributed by atoms with van der Waals surface area (Å²) in [6.07, 6.45) is 2.28. The first kappa shape index (κ1) is 23.6. The lowest BCUT2D eigenvalue weighted by Gasteiger charge is -2.23. The summed E-state index contributed by atoms with van der Waals surface area (Å²) < 4.78 is 44.5. The van der Waals surface area contributed by atoms with Crippen LogP contribution in [0.3, 0.4) is 0 Å². The number of aryl methyl sites for hydroxylation is 1. The van der Waals surface area contributed by atoms with Gasteiger partial charge in [-0.05, 0) is 38.0 Å².